The highest BCUT2D eigenvalue weighted by atomic mass is 32.2. The molecule has 0 bridgehead atoms. The van der Waals surface area contributed by atoms with E-state index in [2.05, 4.69) is 5.32 Å². The number of benzene rings is 1. The normalized spacial score (nSPS) is 22.7. The van der Waals surface area contributed by atoms with Crippen molar-refractivity contribution < 1.29 is 31.0 Å². The van der Waals surface area contributed by atoms with Crippen LogP contribution in [0.5, 0.6) is 11.5 Å². The highest BCUT2D eigenvalue weighted by Crippen LogP contribution is 2.33. The molecule has 0 amide bonds. The standard InChI is InChI=1S/C15H23NO7S2/c1-21-7-6-16-12-9-24(17,18)10-15(12)25(19,20)11-4-5-13(22-2)14(8-11)23-3/h4-5,8,12,15-16H,6-7,9-10H2,1-3H3/t12-,15-/m0/s1. The van der Waals surface area contributed by atoms with Gasteiger partial charge in [0.1, 0.15) is 0 Å². The van der Waals surface area contributed by atoms with Gasteiger partial charge in [-0.25, -0.2) is 16.8 Å². The van der Waals surface area contributed by atoms with Crippen molar-refractivity contribution in [1.29, 1.82) is 0 Å². The van der Waals surface area contributed by atoms with E-state index in [9.17, 15) is 16.8 Å². The van der Waals surface area contributed by atoms with Crippen LogP contribution in [0.4, 0.5) is 0 Å². The first-order valence-corrected chi connectivity index (χ1v) is 11.0. The maximum Gasteiger partial charge on any atom is 0.183 e. The smallest absolute Gasteiger partial charge is 0.183 e. The van der Waals surface area contributed by atoms with Gasteiger partial charge in [0.2, 0.25) is 0 Å². The number of methoxy groups -OCH3 is 3. The van der Waals surface area contributed by atoms with Gasteiger partial charge in [-0.2, -0.15) is 0 Å². The van der Waals surface area contributed by atoms with E-state index in [1.807, 2.05) is 0 Å². The molecule has 0 spiro atoms. The van der Waals surface area contributed by atoms with Gasteiger partial charge < -0.3 is 19.5 Å². The molecule has 1 aromatic carbocycles. The van der Waals surface area contributed by atoms with E-state index in [0.29, 0.717) is 18.9 Å². The third kappa shape index (κ3) is 4.43. The van der Waals surface area contributed by atoms with Gasteiger partial charge >= 0.3 is 0 Å². The van der Waals surface area contributed by atoms with Crippen molar-refractivity contribution >= 4 is 19.7 Å². The van der Waals surface area contributed by atoms with Gasteiger partial charge in [0.25, 0.3) is 0 Å². The van der Waals surface area contributed by atoms with Crippen LogP contribution in [0.3, 0.4) is 0 Å². The molecule has 1 fully saturated rings. The Morgan fingerprint density at radius 2 is 1.80 bits per heavy atom. The third-order valence-corrected chi connectivity index (χ3v) is 8.24. The fourth-order valence-electron chi connectivity index (χ4n) is 2.83. The Bertz CT molecular complexity index is 805. The second-order valence-corrected chi connectivity index (χ2v) is 10.1. The summed E-state index contributed by atoms with van der Waals surface area (Å²) >= 11 is 0. The summed E-state index contributed by atoms with van der Waals surface area (Å²) in [5.41, 5.74) is 0. The summed E-state index contributed by atoms with van der Waals surface area (Å²) in [6, 6.07) is 3.56. The van der Waals surface area contributed by atoms with Crippen molar-refractivity contribution in [2.24, 2.45) is 0 Å². The molecule has 0 aliphatic carbocycles. The molecule has 25 heavy (non-hydrogen) atoms. The van der Waals surface area contributed by atoms with E-state index in [-0.39, 0.29) is 16.4 Å². The molecule has 1 aromatic rings. The lowest BCUT2D eigenvalue weighted by atomic mass is 10.2. The average molecular weight is 393 g/mol. The van der Waals surface area contributed by atoms with Gasteiger partial charge in [-0.05, 0) is 12.1 Å². The largest absolute Gasteiger partial charge is 0.493 e. The third-order valence-electron chi connectivity index (χ3n) is 4.10. The molecular formula is C15H23NO7S2. The molecule has 2 atom stereocenters. The van der Waals surface area contributed by atoms with Crippen molar-refractivity contribution in [3.63, 3.8) is 0 Å². The van der Waals surface area contributed by atoms with Gasteiger partial charge in [-0.15, -0.1) is 0 Å². The van der Waals surface area contributed by atoms with Crippen LogP contribution in [-0.2, 0) is 24.4 Å². The summed E-state index contributed by atoms with van der Waals surface area (Å²) in [4.78, 5) is 0.00536. The second-order valence-electron chi connectivity index (χ2n) is 5.73. The van der Waals surface area contributed by atoms with E-state index in [1.54, 1.807) is 0 Å². The van der Waals surface area contributed by atoms with E-state index in [0.717, 1.165) is 0 Å². The van der Waals surface area contributed by atoms with Crippen LogP contribution in [0.2, 0.25) is 0 Å². The minimum Gasteiger partial charge on any atom is -0.493 e. The molecule has 1 saturated heterocycles. The Morgan fingerprint density at radius 3 is 2.40 bits per heavy atom. The molecule has 0 radical (unpaired) electrons. The van der Waals surface area contributed by atoms with Gasteiger partial charge in [-0.3, -0.25) is 0 Å². The van der Waals surface area contributed by atoms with Gasteiger partial charge in [0.15, 0.2) is 31.2 Å². The SMILES string of the molecule is COCCN[C@H]1CS(=O)(=O)C[C@@H]1S(=O)(=O)c1ccc(OC)c(OC)c1. The number of ether oxygens (including phenoxy) is 3. The highest BCUT2D eigenvalue weighted by molar-refractivity contribution is 7.96. The van der Waals surface area contributed by atoms with E-state index < -0.39 is 36.7 Å². The predicted octanol–water partition coefficient (Wildman–Crippen LogP) is -0.121. The van der Waals surface area contributed by atoms with Crippen LogP contribution in [0.25, 0.3) is 0 Å². The van der Waals surface area contributed by atoms with Crippen LogP contribution in [-0.4, -0.2) is 74.1 Å². The molecule has 0 unspecified atom stereocenters. The number of nitrogens with one attached hydrogen (secondary N) is 1. The van der Waals surface area contributed by atoms with E-state index in [1.165, 1.54) is 39.5 Å². The Labute approximate surface area is 148 Å². The fraction of sp³-hybridized carbons (Fsp3) is 0.600. The van der Waals surface area contributed by atoms with Crippen LogP contribution in [0.1, 0.15) is 0 Å². The number of hydrogen-bond donors (Lipinski definition) is 1. The quantitative estimate of drug-likeness (QED) is 0.609. The molecular weight excluding hydrogens is 370 g/mol. The van der Waals surface area contributed by atoms with Crippen molar-refractivity contribution in [1.82, 2.24) is 5.32 Å². The predicted molar refractivity (Wildman–Crippen MR) is 92.8 cm³/mol. The molecule has 142 valence electrons. The first-order valence-electron chi connectivity index (χ1n) is 7.64. The van der Waals surface area contributed by atoms with E-state index >= 15 is 0 Å². The van der Waals surface area contributed by atoms with Crippen LogP contribution in [0.15, 0.2) is 23.1 Å². The zero-order valence-electron chi connectivity index (χ0n) is 14.4. The Morgan fingerprint density at radius 1 is 1.12 bits per heavy atom. The lowest BCUT2D eigenvalue weighted by Crippen LogP contribution is -2.44. The molecule has 0 aromatic heterocycles. The Kier molecular flexibility index (Phi) is 6.30. The summed E-state index contributed by atoms with van der Waals surface area (Å²) < 4.78 is 65.2. The van der Waals surface area contributed by atoms with Crippen LogP contribution < -0.4 is 14.8 Å². The lowest BCUT2D eigenvalue weighted by molar-refractivity contribution is 0.196. The Hall–Kier alpha value is -1.36. The first-order chi connectivity index (χ1) is 11.7. The molecule has 8 nitrogen and oxygen atoms in total. The fourth-order valence-corrected chi connectivity index (χ4v) is 7.56. The van der Waals surface area contributed by atoms with Gasteiger partial charge in [-0.1, -0.05) is 0 Å². The van der Waals surface area contributed by atoms with Crippen LogP contribution >= 0.6 is 0 Å². The molecule has 1 heterocycles. The van der Waals surface area contributed by atoms with Crippen molar-refractivity contribution in [3.05, 3.63) is 18.2 Å². The minimum absolute atomic E-state index is 0.00536. The summed E-state index contributed by atoms with van der Waals surface area (Å²) in [5, 5.41) is 1.91. The van der Waals surface area contributed by atoms with Crippen molar-refractivity contribution in [2.75, 3.05) is 46.0 Å². The summed E-state index contributed by atoms with van der Waals surface area (Å²) in [6.07, 6.45) is 0. The zero-order valence-corrected chi connectivity index (χ0v) is 16.0. The molecule has 1 aliphatic heterocycles. The number of sulfone groups is 2. The van der Waals surface area contributed by atoms with Gasteiger partial charge in [0.05, 0.1) is 42.5 Å². The summed E-state index contributed by atoms with van der Waals surface area (Å²) in [6.45, 7) is 0.730. The summed E-state index contributed by atoms with van der Waals surface area (Å²) in [5.74, 6) is 0.0472. The van der Waals surface area contributed by atoms with E-state index in [4.69, 9.17) is 14.2 Å². The maximum absolute atomic E-state index is 13.0. The number of rotatable bonds is 8. The Balaban J connectivity index is 2.35. The topological polar surface area (TPSA) is 108 Å². The minimum atomic E-state index is -3.87. The first kappa shape index (κ1) is 20.0. The second kappa shape index (κ2) is 7.90. The maximum atomic E-state index is 13.0. The number of hydrogen-bond acceptors (Lipinski definition) is 8. The molecule has 0 saturated carbocycles. The molecule has 10 heteroatoms. The molecule has 1 N–H and O–H groups in total. The molecule has 2 rings (SSSR count). The van der Waals surface area contributed by atoms with Crippen molar-refractivity contribution in [2.45, 2.75) is 16.2 Å². The zero-order chi connectivity index (χ0) is 18.7. The lowest BCUT2D eigenvalue weighted by Gasteiger charge is -2.20. The van der Waals surface area contributed by atoms with Crippen LogP contribution in [0, 0.1) is 0 Å². The monoisotopic (exact) mass is 393 g/mol. The highest BCUT2D eigenvalue weighted by Gasteiger charge is 2.45. The average Bonchev–Trinajstić information content (AvgIpc) is 2.90. The van der Waals surface area contributed by atoms with Crippen molar-refractivity contribution in [3.8, 4) is 11.5 Å². The summed E-state index contributed by atoms with van der Waals surface area (Å²) in [7, 11) is -2.94. The van der Waals surface area contributed by atoms with Gasteiger partial charge in [0, 0.05) is 25.8 Å². The molecule has 1 aliphatic rings.